The van der Waals surface area contributed by atoms with E-state index in [2.05, 4.69) is 19.9 Å². The molecule has 0 heterocycles. The van der Waals surface area contributed by atoms with Gasteiger partial charge in [-0.15, -0.1) is 0 Å². The molecule has 0 radical (unpaired) electrons. The first-order valence-corrected chi connectivity index (χ1v) is 4.99. The Morgan fingerprint density at radius 2 is 2.15 bits per heavy atom. The van der Waals surface area contributed by atoms with Gasteiger partial charge in [-0.25, -0.2) is 0 Å². The molecule has 0 bridgehead atoms. The molecule has 0 saturated carbocycles. The molecule has 74 valence electrons. The highest BCUT2D eigenvalue weighted by Crippen LogP contribution is 2.09. The van der Waals surface area contributed by atoms with Crippen molar-refractivity contribution >= 4 is 6.29 Å². The van der Waals surface area contributed by atoms with Gasteiger partial charge in [0.15, 0.2) is 0 Å². The van der Waals surface area contributed by atoms with Crippen LogP contribution in [-0.4, -0.2) is 6.29 Å². The lowest BCUT2D eigenvalue weighted by Gasteiger charge is -2.03. The molecule has 0 aliphatic rings. The molecule has 0 rings (SSSR count). The molecule has 0 fully saturated rings. The Labute approximate surface area is 81.5 Å². The van der Waals surface area contributed by atoms with Gasteiger partial charge in [0, 0.05) is 0 Å². The lowest BCUT2D eigenvalue weighted by atomic mass is 10.0. The number of hydrogen-bond acceptors (Lipinski definition) is 1. The summed E-state index contributed by atoms with van der Waals surface area (Å²) in [4.78, 5) is 10.2. The van der Waals surface area contributed by atoms with Crippen LogP contribution < -0.4 is 0 Å². The molecule has 0 aromatic heterocycles. The second-order valence-corrected chi connectivity index (χ2v) is 3.55. The Hall–Kier alpha value is -0.850. The van der Waals surface area contributed by atoms with Crippen molar-refractivity contribution in [2.75, 3.05) is 0 Å². The Balaban J connectivity index is 3.58. The summed E-state index contributed by atoms with van der Waals surface area (Å²) in [5.41, 5.74) is 0.778. The van der Waals surface area contributed by atoms with Gasteiger partial charge in [-0.3, -0.25) is 4.79 Å². The average Bonchev–Trinajstić information content (AvgIpc) is 2.16. The fraction of sp³-hybridized carbons (Fsp3) is 0.583. The topological polar surface area (TPSA) is 17.1 Å². The van der Waals surface area contributed by atoms with E-state index < -0.39 is 0 Å². The number of aldehydes is 1. The first-order chi connectivity index (χ1) is 6.20. The SMILES string of the molecule is CC[C@H](C)CC/C=C/C=C(\C)C=O. The van der Waals surface area contributed by atoms with E-state index in [1.54, 1.807) is 0 Å². The van der Waals surface area contributed by atoms with Crippen molar-refractivity contribution in [1.82, 2.24) is 0 Å². The largest absolute Gasteiger partial charge is 0.298 e. The average molecular weight is 180 g/mol. The van der Waals surface area contributed by atoms with Crippen LogP contribution in [0.3, 0.4) is 0 Å². The summed E-state index contributed by atoms with van der Waals surface area (Å²) >= 11 is 0. The predicted octanol–water partition coefficient (Wildman–Crippen LogP) is 3.51. The molecule has 0 unspecified atom stereocenters. The van der Waals surface area contributed by atoms with Crippen molar-refractivity contribution in [2.24, 2.45) is 5.92 Å². The maximum atomic E-state index is 10.2. The highest BCUT2D eigenvalue weighted by atomic mass is 16.1. The fourth-order valence-corrected chi connectivity index (χ4v) is 0.940. The molecule has 1 heteroatoms. The van der Waals surface area contributed by atoms with Gasteiger partial charge >= 0.3 is 0 Å². The second-order valence-electron chi connectivity index (χ2n) is 3.55. The molecule has 0 aromatic rings. The first-order valence-electron chi connectivity index (χ1n) is 4.99. The highest BCUT2D eigenvalue weighted by molar-refractivity contribution is 5.72. The Morgan fingerprint density at radius 3 is 2.69 bits per heavy atom. The smallest absolute Gasteiger partial charge is 0.145 e. The summed E-state index contributed by atoms with van der Waals surface area (Å²) in [5.74, 6) is 0.806. The summed E-state index contributed by atoms with van der Waals surface area (Å²) in [6, 6.07) is 0. The second kappa shape index (κ2) is 7.78. The Morgan fingerprint density at radius 1 is 1.46 bits per heavy atom. The molecule has 0 spiro atoms. The van der Waals surface area contributed by atoms with Gasteiger partial charge in [0.25, 0.3) is 0 Å². The molecular formula is C12H20O. The van der Waals surface area contributed by atoms with Crippen molar-refractivity contribution in [3.05, 3.63) is 23.8 Å². The molecule has 0 amide bonds. The fourth-order valence-electron chi connectivity index (χ4n) is 0.940. The van der Waals surface area contributed by atoms with E-state index in [4.69, 9.17) is 0 Å². The summed E-state index contributed by atoms with van der Waals surface area (Å²) in [7, 11) is 0. The van der Waals surface area contributed by atoms with Crippen molar-refractivity contribution < 1.29 is 4.79 Å². The van der Waals surface area contributed by atoms with Crippen LogP contribution in [0.1, 0.15) is 40.0 Å². The molecule has 1 nitrogen and oxygen atoms in total. The molecule has 0 aliphatic heterocycles. The standard InChI is InChI=1S/C12H20O/c1-4-11(2)8-6-5-7-9-12(3)10-13/h5,7,9-11H,4,6,8H2,1-3H3/b7-5+,12-9+/t11-/m0/s1. The molecule has 0 N–H and O–H groups in total. The van der Waals surface area contributed by atoms with Gasteiger partial charge < -0.3 is 0 Å². The van der Waals surface area contributed by atoms with Crippen molar-refractivity contribution in [3.8, 4) is 0 Å². The maximum absolute atomic E-state index is 10.2. The Kier molecular flexibility index (Phi) is 7.27. The lowest BCUT2D eigenvalue weighted by molar-refractivity contribution is -0.104. The number of rotatable bonds is 6. The van der Waals surface area contributed by atoms with Gasteiger partial charge in [0.2, 0.25) is 0 Å². The number of hydrogen-bond donors (Lipinski definition) is 0. The third-order valence-electron chi connectivity index (χ3n) is 2.20. The molecule has 0 saturated heterocycles. The normalized spacial score (nSPS) is 14.8. The minimum absolute atomic E-state index is 0.778. The molecule has 0 aromatic carbocycles. The van der Waals surface area contributed by atoms with E-state index in [0.29, 0.717) is 0 Å². The lowest BCUT2D eigenvalue weighted by Crippen LogP contribution is -1.89. The third kappa shape index (κ3) is 7.51. The van der Waals surface area contributed by atoms with Crippen LogP contribution in [0.4, 0.5) is 0 Å². The number of carbonyl (C=O) groups excluding carboxylic acids is 1. The highest BCUT2D eigenvalue weighted by Gasteiger charge is 1.94. The summed E-state index contributed by atoms with van der Waals surface area (Å²) in [5, 5.41) is 0. The third-order valence-corrected chi connectivity index (χ3v) is 2.20. The Bertz CT molecular complexity index is 189. The van der Waals surface area contributed by atoms with Gasteiger partial charge in [-0.05, 0) is 31.3 Å². The van der Waals surface area contributed by atoms with Crippen LogP contribution >= 0.6 is 0 Å². The zero-order valence-electron chi connectivity index (χ0n) is 8.92. The van der Waals surface area contributed by atoms with Crippen molar-refractivity contribution in [2.45, 2.75) is 40.0 Å². The molecular weight excluding hydrogens is 160 g/mol. The predicted molar refractivity (Wildman–Crippen MR) is 57.7 cm³/mol. The van der Waals surface area contributed by atoms with Crippen LogP contribution in [-0.2, 0) is 4.79 Å². The number of carbonyl (C=O) groups is 1. The quantitative estimate of drug-likeness (QED) is 0.347. The van der Waals surface area contributed by atoms with Gasteiger partial charge in [0.1, 0.15) is 6.29 Å². The molecule has 13 heavy (non-hydrogen) atoms. The van der Waals surface area contributed by atoms with Crippen molar-refractivity contribution in [1.29, 1.82) is 0 Å². The summed E-state index contributed by atoms with van der Waals surface area (Å²) < 4.78 is 0. The minimum atomic E-state index is 0.778. The van der Waals surface area contributed by atoms with Crippen LogP contribution in [0, 0.1) is 5.92 Å². The van der Waals surface area contributed by atoms with E-state index >= 15 is 0 Å². The van der Waals surface area contributed by atoms with E-state index in [9.17, 15) is 4.79 Å². The monoisotopic (exact) mass is 180 g/mol. The van der Waals surface area contributed by atoms with E-state index in [-0.39, 0.29) is 0 Å². The van der Waals surface area contributed by atoms with Gasteiger partial charge in [-0.2, -0.15) is 0 Å². The van der Waals surface area contributed by atoms with Gasteiger partial charge in [0.05, 0.1) is 0 Å². The van der Waals surface area contributed by atoms with Crippen LogP contribution in [0.25, 0.3) is 0 Å². The van der Waals surface area contributed by atoms with Crippen LogP contribution in [0.2, 0.25) is 0 Å². The summed E-state index contributed by atoms with van der Waals surface area (Å²) in [6.45, 7) is 6.29. The molecule has 1 atom stereocenters. The van der Waals surface area contributed by atoms with Crippen molar-refractivity contribution in [3.63, 3.8) is 0 Å². The first kappa shape index (κ1) is 12.2. The molecule has 0 aliphatic carbocycles. The van der Waals surface area contributed by atoms with Gasteiger partial charge in [-0.1, -0.05) is 38.5 Å². The zero-order chi connectivity index (χ0) is 10.1. The minimum Gasteiger partial charge on any atom is -0.298 e. The van der Waals surface area contributed by atoms with E-state index in [1.165, 1.54) is 12.8 Å². The zero-order valence-corrected chi connectivity index (χ0v) is 8.92. The van der Waals surface area contributed by atoms with E-state index in [1.807, 2.05) is 19.1 Å². The van der Waals surface area contributed by atoms with E-state index in [0.717, 1.165) is 24.2 Å². The van der Waals surface area contributed by atoms with Crippen LogP contribution in [0.5, 0.6) is 0 Å². The maximum Gasteiger partial charge on any atom is 0.145 e. The number of allylic oxidation sites excluding steroid dienone is 4. The summed E-state index contributed by atoms with van der Waals surface area (Å²) in [6.07, 6.45) is 10.4. The van der Waals surface area contributed by atoms with Crippen LogP contribution in [0.15, 0.2) is 23.8 Å².